The smallest absolute Gasteiger partial charge is 0.0628 e. The van der Waals surface area contributed by atoms with E-state index in [1.165, 1.54) is 25.7 Å². The second-order valence-corrected chi connectivity index (χ2v) is 6.32. The molecule has 0 aromatic carbocycles. The summed E-state index contributed by atoms with van der Waals surface area (Å²) in [5.41, 5.74) is 8.46. The number of rotatable bonds is 4. The summed E-state index contributed by atoms with van der Waals surface area (Å²) in [6, 6.07) is 0.484. The van der Waals surface area contributed by atoms with Crippen LogP contribution in [0.3, 0.4) is 0 Å². The first-order valence-electron chi connectivity index (χ1n) is 6.86. The molecule has 1 aliphatic heterocycles. The summed E-state index contributed by atoms with van der Waals surface area (Å²) in [5, 5.41) is 3.80. The zero-order valence-corrected chi connectivity index (χ0v) is 12.2. The lowest BCUT2D eigenvalue weighted by Crippen LogP contribution is -2.29. The standard InChI is InChI=1S/C12H23N4OP/c1-9-2-4-12(5-3-9)17-8-11-6-10(14-15-13)7-16(11)18/h9-12H,2-8,18H2,1H3/t9?,10-,11-,12?/m0/s1. The van der Waals surface area contributed by atoms with Gasteiger partial charge in [-0.3, -0.25) is 4.67 Å². The van der Waals surface area contributed by atoms with Crippen LogP contribution < -0.4 is 0 Å². The van der Waals surface area contributed by atoms with Gasteiger partial charge in [-0.15, -0.1) is 0 Å². The first-order chi connectivity index (χ1) is 8.69. The molecule has 1 saturated heterocycles. The maximum absolute atomic E-state index is 8.46. The summed E-state index contributed by atoms with van der Waals surface area (Å²) >= 11 is 0. The number of hydrogen-bond acceptors (Lipinski definition) is 3. The van der Waals surface area contributed by atoms with E-state index in [0.717, 1.165) is 25.5 Å². The van der Waals surface area contributed by atoms with Gasteiger partial charge in [-0.25, -0.2) is 0 Å². The van der Waals surface area contributed by atoms with Crippen LogP contribution in [-0.4, -0.2) is 36.0 Å². The second-order valence-electron chi connectivity index (χ2n) is 5.66. The van der Waals surface area contributed by atoms with E-state index in [2.05, 4.69) is 31.0 Å². The Morgan fingerprint density at radius 1 is 1.39 bits per heavy atom. The van der Waals surface area contributed by atoms with Crippen LogP contribution in [0.4, 0.5) is 0 Å². The minimum absolute atomic E-state index is 0.104. The molecule has 2 aliphatic rings. The number of azide groups is 1. The maximum Gasteiger partial charge on any atom is 0.0628 e. The Hall–Kier alpha value is -0.340. The van der Waals surface area contributed by atoms with Crippen molar-refractivity contribution in [3.8, 4) is 0 Å². The first-order valence-corrected chi connectivity index (χ1v) is 7.37. The third-order valence-corrected chi connectivity index (χ3v) is 4.77. The van der Waals surface area contributed by atoms with Crippen molar-refractivity contribution in [2.45, 2.75) is 57.2 Å². The van der Waals surface area contributed by atoms with E-state index >= 15 is 0 Å². The van der Waals surface area contributed by atoms with Crippen molar-refractivity contribution < 1.29 is 4.74 Å². The van der Waals surface area contributed by atoms with E-state index in [1.54, 1.807) is 0 Å². The summed E-state index contributed by atoms with van der Waals surface area (Å²) in [7, 11) is 2.72. The monoisotopic (exact) mass is 270 g/mol. The van der Waals surface area contributed by atoms with Gasteiger partial charge in [0.05, 0.1) is 18.8 Å². The molecule has 5 nitrogen and oxygen atoms in total. The molecule has 1 aliphatic carbocycles. The lowest BCUT2D eigenvalue weighted by Gasteiger charge is -2.28. The number of ether oxygens (including phenoxy) is 1. The van der Waals surface area contributed by atoms with Gasteiger partial charge in [0.2, 0.25) is 0 Å². The van der Waals surface area contributed by atoms with Crippen molar-refractivity contribution in [3.05, 3.63) is 10.4 Å². The predicted molar refractivity (Wildman–Crippen MR) is 75.1 cm³/mol. The van der Waals surface area contributed by atoms with E-state index in [4.69, 9.17) is 10.3 Å². The lowest BCUT2D eigenvalue weighted by atomic mass is 9.89. The van der Waals surface area contributed by atoms with Crippen LogP contribution in [0.15, 0.2) is 5.11 Å². The Bertz CT molecular complexity index is 313. The number of nitrogens with zero attached hydrogens (tertiary/aromatic N) is 4. The third-order valence-electron chi connectivity index (χ3n) is 4.14. The fourth-order valence-electron chi connectivity index (χ4n) is 2.88. The van der Waals surface area contributed by atoms with Gasteiger partial charge < -0.3 is 4.74 Å². The molecular formula is C12H23N4OP. The third kappa shape index (κ3) is 3.83. The average molecular weight is 270 g/mol. The first kappa shape index (κ1) is 14.1. The molecule has 2 fully saturated rings. The van der Waals surface area contributed by atoms with Crippen LogP contribution in [0.2, 0.25) is 0 Å². The summed E-state index contributed by atoms with van der Waals surface area (Å²) < 4.78 is 8.19. The van der Waals surface area contributed by atoms with Crippen molar-refractivity contribution in [3.63, 3.8) is 0 Å². The average Bonchev–Trinajstić information content (AvgIpc) is 2.70. The summed E-state index contributed by atoms with van der Waals surface area (Å²) in [5.74, 6) is 0.865. The van der Waals surface area contributed by atoms with Crippen LogP contribution in [0.5, 0.6) is 0 Å². The molecule has 2 rings (SSSR count). The minimum Gasteiger partial charge on any atom is -0.377 e. The molecule has 0 spiro atoms. The van der Waals surface area contributed by atoms with Crippen LogP contribution >= 0.6 is 9.39 Å². The van der Waals surface area contributed by atoms with Crippen LogP contribution in [-0.2, 0) is 4.74 Å². The van der Waals surface area contributed by atoms with Crippen LogP contribution in [0, 0.1) is 5.92 Å². The largest absolute Gasteiger partial charge is 0.377 e. The van der Waals surface area contributed by atoms with Gasteiger partial charge >= 0.3 is 0 Å². The van der Waals surface area contributed by atoms with Gasteiger partial charge in [-0.1, -0.05) is 21.4 Å². The van der Waals surface area contributed by atoms with Crippen LogP contribution in [0.1, 0.15) is 39.0 Å². The Balaban J connectivity index is 1.72. The summed E-state index contributed by atoms with van der Waals surface area (Å²) in [4.78, 5) is 2.89. The Kier molecular flexibility index (Phi) is 5.25. The Morgan fingerprint density at radius 3 is 2.78 bits per heavy atom. The Morgan fingerprint density at radius 2 is 2.11 bits per heavy atom. The molecular weight excluding hydrogens is 247 g/mol. The molecule has 0 amide bonds. The van der Waals surface area contributed by atoms with Gasteiger partial charge in [-0.05, 0) is 43.6 Å². The zero-order chi connectivity index (χ0) is 13.0. The highest BCUT2D eigenvalue weighted by Crippen LogP contribution is 2.28. The SMILES string of the molecule is CC1CCC(OC[C@@H]2C[C@H](N=[N+]=[N-])CN2P)CC1. The van der Waals surface area contributed by atoms with E-state index in [1.807, 2.05) is 0 Å². The predicted octanol–water partition coefficient (Wildman–Crippen LogP) is 3.13. The number of hydrogen-bond donors (Lipinski definition) is 0. The fourth-order valence-corrected chi connectivity index (χ4v) is 3.33. The maximum atomic E-state index is 8.46. The van der Waals surface area contributed by atoms with Crippen molar-refractivity contribution >= 4 is 9.39 Å². The van der Waals surface area contributed by atoms with Gasteiger partial charge in [0.25, 0.3) is 0 Å². The lowest BCUT2D eigenvalue weighted by molar-refractivity contribution is 0.00337. The highest BCUT2D eigenvalue weighted by Gasteiger charge is 2.30. The quantitative estimate of drug-likeness (QED) is 0.341. The zero-order valence-electron chi connectivity index (χ0n) is 11.0. The fraction of sp³-hybridized carbons (Fsp3) is 1.00. The molecule has 1 unspecified atom stereocenters. The van der Waals surface area contributed by atoms with E-state index in [9.17, 15) is 0 Å². The molecule has 102 valence electrons. The molecule has 0 aromatic rings. The summed E-state index contributed by atoms with van der Waals surface area (Å²) in [6.07, 6.45) is 6.34. The Labute approximate surface area is 111 Å². The highest BCUT2D eigenvalue weighted by atomic mass is 31.0. The summed E-state index contributed by atoms with van der Waals surface area (Å²) in [6.45, 7) is 3.91. The van der Waals surface area contributed by atoms with Crippen molar-refractivity contribution in [2.24, 2.45) is 11.0 Å². The van der Waals surface area contributed by atoms with Gasteiger partial charge in [-0.2, -0.15) is 0 Å². The van der Waals surface area contributed by atoms with Crippen molar-refractivity contribution in [1.29, 1.82) is 0 Å². The topological polar surface area (TPSA) is 61.2 Å². The molecule has 0 aromatic heterocycles. The molecule has 6 heteroatoms. The molecule has 3 atom stereocenters. The molecule has 1 heterocycles. The van der Waals surface area contributed by atoms with Gasteiger partial charge in [0, 0.05) is 17.5 Å². The normalized spacial score (nSPS) is 37.4. The van der Waals surface area contributed by atoms with Gasteiger partial charge in [0.15, 0.2) is 0 Å². The minimum atomic E-state index is 0.104. The molecule has 0 bridgehead atoms. The molecule has 0 radical (unpaired) electrons. The molecule has 0 N–H and O–H groups in total. The van der Waals surface area contributed by atoms with E-state index in [0.29, 0.717) is 12.1 Å². The van der Waals surface area contributed by atoms with E-state index in [-0.39, 0.29) is 6.04 Å². The van der Waals surface area contributed by atoms with Crippen molar-refractivity contribution in [2.75, 3.05) is 13.2 Å². The molecule has 1 saturated carbocycles. The second kappa shape index (κ2) is 6.72. The van der Waals surface area contributed by atoms with Crippen LogP contribution in [0.25, 0.3) is 10.4 Å². The molecule has 18 heavy (non-hydrogen) atoms. The highest BCUT2D eigenvalue weighted by molar-refractivity contribution is 7.13. The van der Waals surface area contributed by atoms with E-state index < -0.39 is 0 Å². The van der Waals surface area contributed by atoms with Crippen molar-refractivity contribution in [1.82, 2.24) is 4.67 Å². The van der Waals surface area contributed by atoms with Gasteiger partial charge in [0.1, 0.15) is 0 Å².